The molecular weight excluding hydrogens is 408 g/mol. The van der Waals surface area contributed by atoms with Gasteiger partial charge in [-0.25, -0.2) is 0 Å². The first kappa shape index (κ1) is 21.9. The Bertz CT molecular complexity index is 763. The van der Waals surface area contributed by atoms with Crippen molar-refractivity contribution in [3.63, 3.8) is 0 Å². The molecule has 0 bridgehead atoms. The van der Waals surface area contributed by atoms with Crippen molar-refractivity contribution in [2.45, 2.75) is 80.5 Å². The molecule has 2 aliphatic heterocycles. The molecule has 1 amide bonds. The maximum atomic E-state index is 13.0. The minimum Gasteiger partial charge on any atom is -0.381 e. The molecule has 0 spiro atoms. The lowest BCUT2D eigenvalue weighted by molar-refractivity contribution is -0.166. The van der Waals surface area contributed by atoms with Crippen LogP contribution >= 0.6 is 0 Å². The van der Waals surface area contributed by atoms with Crippen molar-refractivity contribution in [2.24, 2.45) is 0 Å². The Morgan fingerprint density at radius 3 is 2.70 bits per heavy atom. The standard InChI is InChI=1S/C21H32N2O6S/c1-20(2,30(25)15-6-11-26-12-7-15)19(24)22-17-13-16(23-29-17)21(8-9-21)14-28-18-5-3-4-10-27-18/h13,15,18H,3-12,14H2,1-2H3,(H,22,24). The van der Waals surface area contributed by atoms with E-state index in [1.165, 1.54) is 0 Å². The van der Waals surface area contributed by atoms with E-state index in [-0.39, 0.29) is 28.7 Å². The Kier molecular flexibility index (Phi) is 6.62. The fourth-order valence-electron chi connectivity index (χ4n) is 3.96. The molecule has 3 fully saturated rings. The van der Waals surface area contributed by atoms with Gasteiger partial charge in [0.15, 0.2) is 6.29 Å². The molecule has 2 unspecified atom stereocenters. The molecule has 30 heavy (non-hydrogen) atoms. The van der Waals surface area contributed by atoms with Crippen molar-refractivity contribution in [1.29, 1.82) is 0 Å². The van der Waals surface area contributed by atoms with E-state index in [0.717, 1.165) is 44.4 Å². The monoisotopic (exact) mass is 440 g/mol. The van der Waals surface area contributed by atoms with Crippen LogP contribution in [0.3, 0.4) is 0 Å². The van der Waals surface area contributed by atoms with E-state index in [1.54, 1.807) is 19.9 Å². The Morgan fingerprint density at radius 1 is 1.27 bits per heavy atom. The average Bonchev–Trinajstić information content (AvgIpc) is 3.42. The lowest BCUT2D eigenvalue weighted by Gasteiger charge is -2.29. The highest BCUT2D eigenvalue weighted by Crippen LogP contribution is 2.48. The number of aromatic nitrogens is 1. The normalized spacial score (nSPS) is 25.6. The van der Waals surface area contributed by atoms with Gasteiger partial charge in [-0.05, 0) is 58.8 Å². The van der Waals surface area contributed by atoms with Gasteiger partial charge in [-0.3, -0.25) is 14.3 Å². The van der Waals surface area contributed by atoms with Crippen molar-refractivity contribution >= 4 is 22.6 Å². The van der Waals surface area contributed by atoms with Crippen LogP contribution < -0.4 is 5.32 Å². The second-order valence-corrected chi connectivity index (χ2v) is 11.3. The predicted octanol–water partition coefficient (Wildman–Crippen LogP) is 2.89. The van der Waals surface area contributed by atoms with Crippen LogP contribution in [-0.4, -0.2) is 58.0 Å². The number of anilines is 1. The number of hydrogen-bond acceptors (Lipinski definition) is 7. The molecule has 8 nitrogen and oxygen atoms in total. The molecule has 3 aliphatic rings. The zero-order valence-electron chi connectivity index (χ0n) is 17.8. The van der Waals surface area contributed by atoms with Gasteiger partial charge in [0.05, 0.1) is 12.3 Å². The van der Waals surface area contributed by atoms with Crippen molar-refractivity contribution in [1.82, 2.24) is 5.16 Å². The molecule has 9 heteroatoms. The number of rotatable bonds is 8. The molecule has 2 atom stereocenters. The molecule has 1 aliphatic carbocycles. The number of amides is 1. The molecule has 1 N–H and O–H groups in total. The maximum absolute atomic E-state index is 13.0. The highest BCUT2D eigenvalue weighted by molar-refractivity contribution is 7.87. The third-order valence-electron chi connectivity index (χ3n) is 6.35. The van der Waals surface area contributed by atoms with Gasteiger partial charge >= 0.3 is 0 Å². The maximum Gasteiger partial charge on any atom is 0.245 e. The second-order valence-electron chi connectivity index (χ2n) is 9.04. The summed E-state index contributed by atoms with van der Waals surface area (Å²) in [5.41, 5.74) is 0.630. The molecular formula is C21H32N2O6S. The van der Waals surface area contributed by atoms with Gasteiger partial charge in [0.1, 0.15) is 4.75 Å². The lowest BCUT2D eigenvalue weighted by atomic mass is 10.0. The largest absolute Gasteiger partial charge is 0.381 e. The number of nitrogens with zero attached hydrogens (tertiary/aromatic N) is 1. The van der Waals surface area contributed by atoms with E-state index in [4.69, 9.17) is 18.7 Å². The third kappa shape index (κ3) is 4.79. The van der Waals surface area contributed by atoms with Crippen LogP contribution in [0.1, 0.15) is 64.5 Å². The summed E-state index contributed by atoms with van der Waals surface area (Å²) in [5.74, 6) is -0.0426. The highest BCUT2D eigenvalue weighted by atomic mass is 32.2. The molecule has 0 radical (unpaired) electrons. The van der Waals surface area contributed by atoms with E-state index in [9.17, 15) is 9.00 Å². The zero-order chi connectivity index (χ0) is 21.2. The minimum absolute atomic E-state index is 0.0290. The molecule has 1 saturated carbocycles. The summed E-state index contributed by atoms with van der Waals surface area (Å²) in [6.07, 6.45) is 6.37. The topological polar surface area (TPSA) is 99.9 Å². The first-order chi connectivity index (χ1) is 14.4. The van der Waals surface area contributed by atoms with Crippen LogP contribution in [0.2, 0.25) is 0 Å². The Labute approximate surface area is 179 Å². The summed E-state index contributed by atoms with van der Waals surface area (Å²) >= 11 is 0. The Balaban J connectivity index is 1.34. The first-order valence-corrected chi connectivity index (χ1v) is 12.1. The fourth-order valence-corrected chi connectivity index (χ4v) is 5.65. The van der Waals surface area contributed by atoms with Crippen LogP contribution in [0.15, 0.2) is 10.6 Å². The molecule has 3 heterocycles. The van der Waals surface area contributed by atoms with Gasteiger partial charge in [-0.1, -0.05) is 5.16 Å². The Hall–Kier alpha value is -1.29. The van der Waals surface area contributed by atoms with Gasteiger partial charge in [0.25, 0.3) is 0 Å². The van der Waals surface area contributed by atoms with Gasteiger partial charge in [-0.15, -0.1) is 0 Å². The van der Waals surface area contributed by atoms with E-state index < -0.39 is 15.5 Å². The number of ether oxygens (including phenoxy) is 3. The first-order valence-electron chi connectivity index (χ1n) is 10.9. The van der Waals surface area contributed by atoms with E-state index in [1.807, 2.05) is 0 Å². The van der Waals surface area contributed by atoms with Crippen molar-refractivity contribution in [2.75, 3.05) is 31.7 Å². The van der Waals surface area contributed by atoms with Crippen molar-refractivity contribution < 1.29 is 27.7 Å². The van der Waals surface area contributed by atoms with Crippen LogP contribution in [0, 0.1) is 0 Å². The quantitative estimate of drug-likeness (QED) is 0.663. The molecule has 4 rings (SSSR count). The summed E-state index contributed by atoms with van der Waals surface area (Å²) in [6.45, 7) is 5.90. The number of carbonyl (C=O) groups excluding carboxylic acids is 1. The summed E-state index contributed by atoms with van der Waals surface area (Å²) < 4.78 is 34.3. The summed E-state index contributed by atoms with van der Waals surface area (Å²) in [5, 5.41) is 6.92. The SMILES string of the molecule is CC(C)(C(=O)Nc1cc(C2(COC3CCCCO3)CC2)no1)S(=O)C1CCOCC1. The molecule has 1 aromatic heterocycles. The fraction of sp³-hybridized carbons (Fsp3) is 0.810. The highest BCUT2D eigenvalue weighted by Gasteiger charge is 2.48. The molecule has 168 valence electrons. The van der Waals surface area contributed by atoms with Crippen molar-refractivity contribution in [3.8, 4) is 0 Å². The van der Waals surface area contributed by atoms with Gasteiger partial charge in [0.2, 0.25) is 11.8 Å². The van der Waals surface area contributed by atoms with Gasteiger partial charge in [-0.2, -0.15) is 0 Å². The summed E-state index contributed by atoms with van der Waals surface area (Å²) in [6, 6.07) is 1.77. The van der Waals surface area contributed by atoms with Gasteiger partial charge < -0.3 is 18.7 Å². The number of nitrogens with one attached hydrogen (secondary N) is 1. The van der Waals surface area contributed by atoms with Crippen LogP contribution in [0.4, 0.5) is 5.88 Å². The predicted molar refractivity (Wildman–Crippen MR) is 112 cm³/mol. The van der Waals surface area contributed by atoms with E-state index >= 15 is 0 Å². The lowest BCUT2D eigenvalue weighted by Crippen LogP contribution is -2.46. The smallest absolute Gasteiger partial charge is 0.245 e. The molecule has 2 saturated heterocycles. The zero-order valence-corrected chi connectivity index (χ0v) is 18.6. The van der Waals surface area contributed by atoms with Crippen LogP contribution in [-0.2, 0) is 35.2 Å². The average molecular weight is 441 g/mol. The van der Waals surface area contributed by atoms with Crippen LogP contribution in [0.25, 0.3) is 0 Å². The number of hydrogen-bond donors (Lipinski definition) is 1. The van der Waals surface area contributed by atoms with Crippen LogP contribution in [0.5, 0.6) is 0 Å². The molecule has 1 aromatic rings. The third-order valence-corrected chi connectivity index (χ3v) is 8.62. The van der Waals surface area contributed by atoms with Crippen molar-refractivity contribution in [3.05, 3.63) is 11.8 Å². The van der Waals surface area contributed by atoms with E-state index in [0.29, 0.717) is 32.7 Å². The van der Waals surface area contributed by atoms with Gasteiger partial charge in [0, 0.05) is 47.4 Å². The molecule has 0 aromatic carbocycles. The summed E-state index contributed by atoms with van der Waals surface area (Å²) in [4.78, 5) is 12.9. The Morgan fingerprint density at radius 2 is 2.03 bits per heavy atom. The summed E-state index contributed by atoms with van der Waals surface area (Å²) in [7, 11) is -1.31. The van der Waals surface area contributed by atoms with E-state index in [2.05, 4.69) is 10.5 Å². The minimum atomic E-state index is -1.31. The second kappa shape index (κ2) is 9.06. The number of carbonyl (C=O) groups is 1.